The summed E-state index contributed by atoms with van der Waals surface area (Å²) < 4.78 is 5.68. The smallest absolute Gasteiger partial charge is 0.262 e. The molecule has 30 heavy (non-hydrogen) atoms. The first-order valence-corrected chi connectivity index (χ1v) is 10.4. The van der Waals surface area contributed by atoms with E-state index in [0.29, 0.717) is 29.4 Å². The molecule has 1 atom stereocenters. The molecule has 0 aromatic heterocycles. The minimum atomic E-state index is -0.711. The Morgan fingerprint density at radius 2 is 1.83 bits per heavy atom. The van der Waals surface area contributed by atoms with Crippen LogP contribution >= 0.6 is 11.6 Å². The first kappa shape index (κ1) is 23.4. The van der Waals surface area contributed by atoms with E-state index in [1.807, 2.05) is 45.0 Å². The minimum Gasteiger partial charge on any atom is -0.493 e. The quantitative estimate of drug-likeness (QED) is 0.433. The molecular weight excluding hydrogens is 402 g/mol. The molecule has 2 aromatic rings. The highest BCUT2D eigenvalue weighted by Gasteiger charge is 2.22. The molecule has 0 aliphatic carbocycles. The summed E-state index contributed by atoms with van der Waals surface area (Å²) in [6, 6.07) is 13.3. The normalized spacial score (nSPS) is 12.0. The van der Waals surface area contributed by atoms with E-state index in [4.69, 9.17) is 16.3 Å². The highest BCUT2D eigenvalue weighted by Crippen LogP contribution is 2.16. The Morgan fingerprint density at radius 1 is 1.13 bits per heavy atom. The number of carbonyl (C=O) groups excluding carboxylic acids is 2. The van der Waals surface area contributed by atoms with Gasteiger partial charge in [0.25, 0.3) is 11.8 Å². The van der Waals surface area contributed by atoms with Crippen LogP contribution in [0.2, 0.25) is 5.02 Å². The van der Waals surface area contributed by atoms with Gasteiger partial charge in [0.05, 0.1) is 12.8 Å². The second-order valence-electron chi connectivity index (χ2n) is 7.28. The summed E-state index contributed by atoms with van der Waals surface area (Å²) in [4.78, 5) is 25.2. The monoisotopic (exact) mass is 429 g/mol. The van der Waals surface area contributed by atoms with Gasteiger partial charge < -0.3 is 10.1 Å². The van der Waals surface area contributed by atoms with Gasteiger partial charge in [-0.2, -0.15) is 5.10 Å². The van der Waals surface area contributed by atoms with Gasteiger partial charge in [0.1, 0.15) is 11.8 Å². The second-order valence-corrected chi connectivity index (χ2v) is 7.72. The van der Waals surface area contributed by atoms with Crippen molar-refractivity contribution in [1.29, 1.82) is 0 Å². The summed E-state index contributed by atoms with van der Waals surface area (Å²) in [5, 5.41) is 7.38. The molecule has 2 N–H and O–H groups in total. The Kier molecular flexibility index (Phi) is 9.35. The number of hydrazone groups is 1. The van der Waals surface area contributed by atoms with E-state index < -0.39 is 6.04 Å². The van der Waals surface area contributed by atoms with Crippen molar-refractivity contribution in [1.82, 2.24) is 10.7 Å². The Hall–Kier alpha value is -2.86. The van der Waals surface area contributed by atoms with Crippen molar-refractivity contribution < 1.29 is 14.3 Å². The van der Waals surface area contributed by atoms with Crippen LogP contribution in [0.1, 0.15) is 49.5 Å². The first-order valence-electron chi connectivity index (χ1n) is 10.0. The molecule has 2 rings (SSSR count). The lowest BCUT2D eigenvalue weighted by Crippen LogP contribution is -2.46. The zero-order valence-corrected chi connectivity index (χ0v) is 18.3. The molecule has 0 aliphatic rings. The molecule has 0 radical (unpaired) electrons. The van der Waals surface area contributed by atoms with E-state index in [-0.39, 0.29) is 17.7 Å². The lowest BCUT2D eigenvalue weighted by Gasteiger charge is -2.19. The van der Waals surface area contributed by atoms with Gasteiger partial charge in [0.2, 0.25) is 0 Å². The maximum atomic E-state index is 12.7. The predicted octanol–water partition coefficient (Wildman–Crippen LogP) is 4.42. The Morgan fingerprint density at radius 3 is 2.50 bits per heavy atom. The van der Waals surface area contributed by atoms with Crippen LogP contribution in [0.3, 0.4) is 0 Å². The highest BCUT2D eigenvalue weighted by molar-refractivity contribution is 6.30. The molecule has 0 bridgehead atoms. The number of hydrogen-bond donors (Lipinski definition) is 2. The first-order chi connectivity index (χ1) is 14.4. The van der Waals surface area contributed by atoms with Gasteiger partial charge in [-0.05, 0) is 55.2 Å². The van der Waals surface area contributed by atoms with E-state index in [2.05, 4.69) is 15.8 Å². The number of para-hydroxylation sites is 1. The summed E-state index contributed by atoms with van der Waals surface area (Å²) in [7, 11) is 0. The number of amides is 2. The molecular formula is C23H28ClN3O3. The van der Waals surface area contributed by atoms with E-state index in [1.165, 1.54) is 6.21 Å². The Balaban J connectivity index is 2.04. The van der Waals surface area contributed by atoms with Crippen LogP contribution < -0.4 is 15.5 Å². The van der Waals surface area contributed by atoms with E-state index >= 15 is 0 Å². The molecule has 160 valence electrons. The van der Waals surface area contributed by atoms with Crippen molar-refractivity contribution in [3.05, 3.63) is 64.7 Å². The molecule has 7 heteroatoms. The lowest BCUT2D eigenvalue weighted by atomic mass is 10.0. The minimum absolute atomic E-state index is 0.207. The summed E-state index contributed by atoms with van der Waals surface area (Å²) in [5.74, 6) is 0.189. The van der Waals surface area contributed by atoms with Crippen molar-refractivity contribution in [2.75, 3.05) is 6.61 Å². The summed E-state index contributed by atoms with van der Waals surface area (Å²) in [6.07, 6.45) is 2.92. The SMILES string of the molecule is CCCOc1ccccc1C=NNC(=O)C(CC(C)C)NC(=O)c1ccc(Cl)cc1. The fourth-order valence-electron chi connectivity index (χ4n) is 2.72. The van der Waals surface area contributed by atoms with Crippen molar-refractivity contribution in [2.24, 2.45) is 11.0 Å². The second kappa shape index (κ2) is 12.0. The number of hydrogen-bond acceptors (Lipinski definition) is 4. The molecule has 0 fully saturated rings. The standard InChI is InChI=1S/C23H28ClN3O3/c1-4-13-30-21-8-6-5-7-18(21)15-25-27-23(29)20(14-16(2)3)26-22(28)17-9-11-19(24)12-10-17/h5-12,15-16,20H,4,13-14H2,1-3H3,(H,26,28)(H,27,29). The molecule has 0 saturated heterocycles. The van der Waals surface area contributed by atoms with Crippen molar-refractivity contribution >= 4 is 29.6 Å². The van der Waals surface area contributed by atoms with Crippen molar-refractivity contribution in [3.63, 3.8) is 0 Å². The zero-order chi connectivity index (χ0) is 21.9. The molecule has 6 nitrogen and oxygen atoms in total. The fraction of sp³-hybridized carbons (Fsp3) is 0.348. The number of rotatable bonds is 10. The lowest BCUT2D eigenvalue weighted by molar-refractivity contribution is -0.123. The maximum absolute atomic E-state index is 12.7. The zero-order valence-electron chi connectivity index (χ0n) is 17.5. The average molecular weight is 430 g/mol. The van der Waals surface area contributed by atoms with Crippen molar-refractivity contribution in [2.45, 2.75) is 39.7 Å². The Bertz CT molecular complexity index is 866. The highest BCUT2D eigenvalue weighted by atomic mass is 35.5. The van der Waals surface area contributed by atoms with Gasteiger partial charge in [-0.3, -0.25) is 9.59 Å². The molecule has 0 spiro atoms. The number of benzene rings is 2. The van der Waals surface area contributed by atoms with Crippen LogP contribution in [0.5, 0.6) is 5.75 Å². The molecule has 2 amide bonds. The van der Waals surface area contributed by atoms with Gasteiger partial charge in [0.15, 0.2) is 0 Å². The fourth-order valence-corrected chi connectivity index (χ4v) is 2.85. The summed E-state index contributed by atoms with van der Waals surface area (Å²) in [5.41, 5.74) is 3.72. The van der Waals surface area contributed by atoms with Gasteiger partial charge >= 0.3 is 0 Å². The predicted molar refractivity (Wildman–Crippen MR) is 120 cm³/mol. The van der Waals surface area contributed by atoms with E-state index in [0.717, 1.165) is 12.0 Å². The van der Waals surface area contributed by atoms with E-state index in [9.17, 15) is 9.59 Å². The Labute approximate surface area is 182 Å². The molecule has 0 heterocycles. The molecule has 0 saturated carbocycles. The van der Waals surface area contributed by atoms with Gasteiger partial charge in [-0.1, -0.05) is 44.5 Å². The molecule has 2 aromatic carbocycles. The number of nitrogens with one attached hydrogen (secondary N) is 2. The van der Waals surface area contributed by atoms with Crippen LogP contribution in [0, 0.1) is 5.92 Å². The topological polar surface area (TPSA) is 79.8 Å². The van der Waals surface area contributed by atoms with Crippen LogP contribution in [0.15, 0.2) is 53.6 Å². The van der Waals surface area contributed by atoms with Crippen LogP contribution in [0.25, 0.3) is 0 Å². The number of carbonyl (C=O) groups is 2. The van der Waals surface area contributed by atoms with Crippen LogP contribution in [0.4, 0.5) is 0 Å². The van der Waals surface area contributed by atoms with Gasteiger partial charge in [-0.15, -0.1) is 0 Å². The average Bonchev–Trinajstić information content (AvgIpc) is 2.72. The largest absolute Gasteiger partial charge is 0.493 e. The third-order valence-electron chi connectivity index (χ3n) is 4.19. The molecule has 1 unspecified atom stereocenters. The number of ether oxygens (including phenoxy) is 1. The summed E-state index contributed by atoms with van der Waals surface area (Å²) in [6.45, 7) is 6.60. The van der Waals surface area contributed by atoms with Crippen LogP contribution in [-0.2, 0) is 4.79 Å². The third kappa shape index (κ3) is 7.52. The van der Waals surface area contributed by atoms with Gasteiger partial charge in [-0.25, -0.2) is 5.43 Å². The molecule has 0 aliphatic heterocycles. The van der Waals surface area contributed by atoms with Gasteiger partial charge in [0, 0.05) is 16.1 Å². The van der Waals surface area contributed by atoms with E-state index in [1.54, 1.807) is 24.3 Å². The van der Waals surface area contributed by atoms with Crippen molar-refractivity contribution in [3.8, 4) is 5.75 Å². The maximum Gasteiger partial charge on any atom is 0.262 e. The van der Waals surface area contributed by atoms with Crippen LogP contribution in [-0.4, -0.2) is 30.7 Å². The number of halogens is 1. The third-order valence-corrected chi connectivity index (χ3v) is 4.45. The summed E-state index contributed by atoms with van der Waals surface area (Å²) >= 11 is 5.87. The number of nitrogens with zero attached hydrogens (tertiary/aromatic N) is 1.